The van der Waals surface area contributed by atoms with Crippen molar-refractivity contribution in [1.29, 1.82) is 0 Å². The minimum absolute atomic E-state index is 0.269. The average Bonchev–Trinajstić information content (AvgIpc) is 2.65. The summed E-state index contributed by atoms with van der Waals surface area (Å²) in [5.74, 6) is 0.299. The Balaban J connectivity index is 1.27. The van der Waals surface area contributed by atoms with E-state index in [1.54, 1.807) is 0 Å². The summed E-state index contributed by atoms with van der Waals surface area (Å²) in [4.78, 5) is 18.8. The van der Waals surface area contributed by atoms with Crippen LogP contribution in [-0.4, -0.2) is 52.8 Å². The molecule has 0 spiro atoms. The van der Waals surface area contributed by atoms with E-state index >= 15 is 0 Å². The fourth-order valence-electron chi connectivity index (χ4n) is 4.36. The first-order valence-electron chi connectivity index (χ1n) is 9.26. The van der Waals surface area contributed by atoms with Gasteiger partial charge in [-0.05, 0) is 74.7 Å². The molecule has 4 heterocycles. The Hall–Kier alpha value is -1.31. The van der Waals surface area contributed by atoms with Crippen LogP contribution in [0.25, 0.3) is 0 Å². The predicted molar refractivity (Wildman–Crippen MR) is 97.4 cm³/mol. The van der Waals surface area contributed by atoms with Gasteiger partial charge < -0.3 is 15.3 Å². The molecule has 1 aromatic heterocycles. The molecule has 136 valence electrons. The van der Waals surface area contributed by atoms with Crippen molar-refractivity contribution in [3.8, 4) is 0 Å². The second kappa shape index (κ2) is 7.13. The Kier molecular flexibility index (Phi) is 4.88. The highest BCUT2D eigenvalue weighted by molar-refractivity contribution is 7.97. The number of amides is 2. The summed E-state index contributed by atoms with van der Waals surface area (Å²) in [5, 5.41) is 14.5. The maximum atomic E-state index is 12.1. The third-order valence-corrected chi connectivity index (χ3v) is 6.57. The summed E-state index contributed by atoms with van der Waals surface area (Å²) >= 11 is 1.24. The fourth-order valence-corrected chi connectivity index (χ4v) is 4.94. The molecule has 0 radical (unpaired) electrons. The van der Waals surface area contributed by atoms with Crippen LogP contribution in [0.4, 0.5) is 4.79 Å². The van der Waals surface area contributed by atoms with Gasteiger partial charge in [-0.15, -0.1) is 0 Å². The van der Waals surface area contributed by atoms with Crippen LogP contribution in [-0.2, 0) is 12.8 Å². The van der Waals surface area contributed by atoms with Crippen LogP contribution in [0.15, 0.2) is 17.3 Å². The lowest BCUT2D eigenvalue weighted by molar-refractivity contribution is -0.107. The van der Waals surface area contributed by atoms with Crippen molar-refractivity contribution in [3.05, 3.63) is 23.4 Å². The van der Waals surface area contributed by atoms with Crippen molar-refractivity contribution < 1.29 is 9.90 Å². The lowest BCUT2D eigenvalue weighted by Crippen LogP contribution is -2.63. The second-order valence-electron chi connectivity index (χ2n) is 7.54. The first-order valence-corrected chi connectivity index (χ1v) is 10.1. The van der Waals surface area contributed by atoms with E-state index in [0.29, 0.717) is 19.0 Å². The number of nitrogens with one attached hydrogen (secondary N) is 2. The van der Waals surface area contributed by atoms with E-state index in [2.05, 4.69) is 26.0 Å². The Labute approximate surface area is 152 Å². The Morgan fingerprint density at radius 1 is 1.32 bits per heavy atom. The zero-order chi connectivity index (χ0) is 17.3. The number of urea groups is 1. The predicted octanol–water partition coefficient (Wildman–Crippen LogP) is 1.72. The molecule has 2 amide bonds. The van der Waals surface area contributed by atoms with Crippen molar-refractivity contribution in [2.75, 3.05) is 26.2 Å². The molecule has 3 fully saturated rings. The number of carbonyl (C=O) groups excluding carboxylic acids is 1. The summed E-state index contributed by atoms with van der Waals surface area (Å²) in [6.45, 7) is 3.10. The molecule has 25 heavy (non-hydrogen) atoms. The lowest BCUT2D eigenvalue weighted by atomic mass is 9.75. The molecule has 5 rings (SSSR count). The van der Waals surface area contributed by atoms with Crippen molar-refractivity contribution >= 4 is 18.0 Å². The highest BCUT2D eigenvalue weighted by Gasteiger charge is 2.45. The molecule has 3 aliphatic heterocycles. The van der Waals surface area contributed by atoms with Crippen LogP contribution in [0.1, 0.15) is 36.8 Å². The van der Waals surface area contributed by atoms with Gasteiger partial charge in [-0.25, -0.2) is 9.78 Å². The van der Waals surface area contributed by atoms with Gasteiger partial charge in [0, 0.05) is 31.2 Å². The standard InChI is InChI=1S/C18H26N4O2S/c23-17(20-11-18(24)12-22-7-5-15(18)6-8-22)21-25-16-9-13-3-1-2-4-14(13)10-19-16/h9-10,15,24H,1-8,11-12H2,(H2,20,21,23). The molecule has 1 atom stereocenters. The highest BCUT2D eigenvalue weighted by Crippen LogP contribution is 2.35. The number of piperidine rings is 3. The van der Waals surface area contributed by atoms with Crippen LogP contribution in [0.3, 0.4) is 0 Å². The third-order valence-electron chi connectivity index (χ3n) is 5.85. The molecule has 3 N–H and O–H groups in total. The van der Waals surface area contributed by atoms with Crippen LogP contribution in [0.5, 0.6) is 0 Å². The topological polar surface area (TPSA) is 77.5 Å². The number of hydrogen-bond acceptors (Lipinski definition) is 5. The van der Waals surface area contributed by atoms with Gasteiger partial charge in [-0.3, -0.25) is 4.72 Å². The first-order chi connectivity index (χ1) is 12.1. The van der Waals surface area contributed by atoms with Crippen LogP contribution >= 0.6 is 11.9 Å². The number of carbonyl (C=O) groups is 1. The Morgan fingerprint density at radius 3 is 2.80 bits per heavy atom. The van der Waals surface area contributed by atoms with Crippen molar-refractivity contribution in [3.63, 3.8) is 0 Å². The summed E-state index contributed by atoms with van der Waals surface area (Å²) < 4.78 is 2.79. The average molecular weight is 362 g/mol. The molecule has 3 saturated heterocycles. The Morgan fingerprint density at radius 2 is 2.08 bits per heavy atom. The van der Waals surface area contributed by atoms with E-state index in [-0.39, 0.29) is 6.03 Å². The van der Waals surface area contributed by atoms with Gasteiger partial charge in [0.05, 0.1) is 5.60 Å². The molecule has 4 aliphatic rings. The van der Waals surface area contributed by atoms with E-state index in [1.165, 1.54) is 35.9 Å². The summed E-state index contributed by atoms with van der Waals surface area (Å²) in [5.41, 5.74) is 1.90. The van der Waals surface area contributed by atoms with Gasteiger partial charge >= 0.3 is 6.03 Å². The maximum Gasteiger partial charge on any atom is 0.325 e. The van der Waals surface area contributed by atoms with Crippen molar-refractivity contribution in [2.45, 2.75) is 49.2 Å². The van der Waals surface area contributed by atoms with Gasteiger partial charge in [-0.2, -0.15) is 0 Å². The molecule has 7 heteroatoms. The minimum atomic E-state index is -0.789. The van der Waals surface area contributed by atoms with Gasteiger partial charge in [0.2, 0.25) is 0 Å². The van der Waals surface area contributed by atoms with Crippen molar-refractivity contribution in [2.24, 2.45) is 5.92 Å². The second-order valence-corrected chi connectivity index (χ2v) is 8.37. The zero-order valence-electron chi connectivity index (χ0n) is 14.5. The fraction of sp³-hybridized carbons (Fsp3) is 0.667. The van der Waals surface area contributed by atoms with E-state index in [4.69, 9.17) is 0 Å². The van der Waals surface area contributed by atoms with Crippen LogP contribution in [0, 0.1) is 5.92 Å². The van der Waals surface area contributed by atoms with E-state index in [0.717, 1.165) is 43.8 Å². The molecule has 1 aliphatic carbocycles. The van der Waals surface area contributed by atoms with Gasteiger partial charge in [0.15, 0.2) is 0 Å². The molecule has 6 nitrogen and oxygen atoms in total. The monoisotopic (exact) mass is 362 g/mol. The SMILES string of the molecule is O=C(NCC1(O)CN2CCC1CC2)NSc1cc2c(cn1)CCCC2. The quantitative estimate of drug-likeness (QED) is 0.711. The van der Waals surface area contributed by atoms with Gasteiger partial charge in [0.25, 0.3) is 0 Å². The van der Waals surface area contributed by atoms with E-state index in [9.17, 15) is 9.90 Å². The number of aromatic nitrogens is 1. The number of aliphatic hydroxyl groups is 1. The van der Waals surface area contributed by atoms with Crippen LogP contribution in [0.2, 0.25) is 0 Å². The Bertz CT molecular complexity index is 648. The first kappa shape index (κ1) is 17.1. The number of hydrogen-bond donors (Lipinski definition) is 3. The van der Waals surface area contributed by atoms with Crippen molar-refractivity contribution in [1.82, 2.24) is 19.9 Å². The molecule has 1 unspecified atom stereocenters. The smallest absolute Gasteiger partial charge is 0.325 e. The zero-order valence-corrected chi connectivity index (χ0v) is 15.3. The normalized spacial score (nSPS) is 30.6. The number of aryl methyl sites for hydroxylation is 2. The van der Waals surface area contributed by atoms with Crippen LogP contribution < -0.4 is 10.0 Å². The van der Waals surface area contributed by atoms with Gasteiger partial charge in [0.1, 0.15) is 5.03 Å². The number of nitrogens with zero attached hydrogens (tertiary/aromatic N) is 2. The molecule has 1 aromatic rings. The number of pyridine rings is 1. The summed E-state index contributed by atoms with van der Waals surface area (Å²) in [6.07, 6.45) is 8.66. The van der Waals surface area contributed by atoms with E-state index in [1.807, 2.05) is 6.20 Å². The molecule has 0 aromatic carbocycles. The van der Waals surface area contributed by atoms with E-state index < -0.39 is 5.60 Å². The largest absolute Gasteiger partial charge is 0.386 e. The molecule has 0 saturated carbocycles. The molecular formula is C18H26N4O2S. The molecule has 2 bridgehead atoms. The summed E-state index contributed by atoms with van der Waals surface area (Å²) in [6, 6.07) is 1.81. The van der Waals surface area contributed by atoms with Gasteiger partial charge in [-0.1, -0.05) is 0 Å². The number of rotatable bonds is 4. The maximum absolute atomic E-state index is 12.1. The highest BCUT2D eigenvalue weighted by atomic mass is 32.2. The minimum Gasteiger partial charge on any atom is -0.386 e. The third kappa shape index (κ3) is 3.78. The summed E-state index contributed by atoms with van der Waals surface area (Å²) in [7, 11) is 0. The lowest BCUT2D eigenvalue weighted by Gasteiger charge is -2.50. The molecular weight excluding hydrogens is 336 g/mol. The number of fused-ring (bicyclic) bond motifs is 4.